The molecular weight excluding hydrogens is 374 g/mol. The Balaban J connectivity index is 1.59. The molecule has 0 unspecified atom stereocenters. The summed E-state index contributed by atoms with van der Waals surface area (Å²) in [5.74, 6) is -0.343. The summed E-state index contributed by atoms with van der Waals surface area (Å²) >= 11 is 0. The number of piperazine rings is 1. The van der Waals surface area contributed by atoms with Crippen molar-refractivity contribution in [1.29, 1.82) is 0 Å². The van der Waals surface area contributed by atoms with Gasteiger partial charge in [0.15, 0.2) is 5.75 Å². The van der Waals surface area contributed by atoms with Crippen LogP contribution in [0.25, 0.3) is 0 Å². The number of nitrogens with one attached hydrogen (secondary N) is 1. The maximum atomic E-state index is 12.5. The maximum absolute atomic E-state index is 12.5. The van der Waals surface area contributed by atoms with E-state index >= 15 is 0 Å². The molecule has 0 bridgehead atoms. The highest BCUT2D eigenvalue weighted by Gasteiger charge is 2.28. The van der Waals surface area contributed by atoms with Crippen LogP contribution in [0.2, 0.25) is 0 Å². The molecule has 152 valence electrons. The van der Waals surface area contributed by atoms with Crippen LogP contribution in [0.3, 0.4) is 0 Å². The number of carbonyl (C=O) groups excluding carboxylic acids is 3. The zero-order chi connectivity index (χ0) is 20.6. The third-order valence-corrected chi connectivity index (χ3v) is 4.39. The van der Waals surface area contributed by atoms with Crippen LogP contribution in [0, 0.1) is 0 Å². The summed E-state index contributed by atoms with van der Waals surface area (Å²) in [5, 5.41) is 2.62. The van der Waals surface area contributed by atoms with E-state index in [1.807, 2.05) is 18.2 Å². The predicted molar refractivity (Wildman–Crippen MR) is 107 cm³/mol. The van der Waals surface area contributed by atoms with Gasteiger partial charge in [-0.2, -0.15) is 0 Å². The molecule has 1 saturated heterocycles. The largest absolute Gasteiger partial charge is 0.455 e. The van der Waals surface area contributed by atoms with E-state index in [-0.39, 0.29) is 13.1 Å². The van der Waals surface area contributed by atoms with Gasteiger partial charge in [0.1, 0.15) is 5.75 Å². The molecule has 0 aliphatic carbocycles. The van der Waals surface area contributed by atoms with Gasteiger partial charge in [0.2, 0.25) is 0 Å². The summed E-state index contributed by atoms with van der Waals surface area (Å²) in [5.41, 5.74) is 0.403. The molecule has 0 aromatic heterocycles. The maximum Gasteiger partial charge on any atom is 0.409 e. The van der Waals surface area contributed by atoms with E-state index in [4.69, 9.17) is 9.47 Å². The van der Waals surface area contributed by atoms with Crippen molar-refractivity contribution in [2.24, 2.45) is 0 Å². The molecule has 3 rings (SSSR count). The van der Waals surface area contributed by atoms with Crippen LogP contribution >= 0.6 is 0 Å². The fraction of sp³-hybridized carbons (Fsp3) is 0.286. The van der Waals surface area contributed by atoms with Gasteiger partial charge in [-0.05, 0) is 31.2 Å². The first-order valence-electron chi connectivity index (χ1n) is 9.42. The van der Waals surface area contributed by atoms with Crippen molar-refractivity contribution in [3.8, 4) is 11.5 Å². The molecule has 3 amide bonds. The molecule has 0 saturated carbocycles. The first kappa shape index (κ1) is 20.2. The van der Waals surface area contributed by atoms with Crippen LogP contribution in [0.4, 0.5) is 10.5 Å². The average Bonchev–Trinajstić information content (AvgIpc) is 2.75. The number of ether oxygens (including phenoxy) is 2. The summed E-state index contributed by atoms with van der Waals surface area (Å²) in [6.07, 6.45) is -0.406. The molecule has 1 aliphatic rings. The minimum Gasteiger partial charge on any atom is -0.455 e. The quantitative estimate of drug-likeness (QED) is 0.802. The van der Waals surface area contributed by atoms with E-state index in [1.54, 1.807) is 43.3 Å². The lowest BCUT2D eigenvalue weighted by molar-refractivity contribution is -0.144. The number of carbonyl (C=O) groups is 3. The highest BCUT2D eigenvalue weighted by atomic mass is 16.6. The molecule has 2 aromatic carbocycles. The predicted octanol–water partition coefficient (Wildman–Crippen LogP) is 2.72. The zero-order valence-electron chi connectivity index (χ0n) is 16.2. The second kappa shape index (κ2) is 9.59. The minimum atomic E-state index is -0.751. The van der Waals surface area contributed by atoms with Crippen molar-refractivity contribution in [1.82, 2.24) is 9.80 Å². The fourth-order valence-corrected chi connectivity index (χ4v) is 2.90. The van der Waals surface area contributed by atoms with Gasteiger partial charge >= 0.3 is 17.9 Å². The van der Waals surface area contributed by atoms with Crippen molar-refractivity contribution in [2.45, 2.75) is 6.92 Å². The summed E-state index contributed by atoms with van der Waals surface area (Å²) < 4.78 is 10.8. The van der Waals surface area contributed by atoms with Gasteiger partial charge in [-0.1, -0.05) is 30.3 Å². The Kier molecular flexibility index (Phi) is 6.67. The topological polar surface area (TPSA) is 88.2 Å². The fourth-order valence-electron chi connectivity index (χ4n) is 2.90. The summed E-state index contributed by atoms with van der Waals surface area (Å²) in [6.45, 7) is 3.23. The van der Waals surface area contributed by atoms with Crippen LogP contribution in [-0.4, -0.2) is 60.5 Å². The van der Waals surface area contributed by atoms with Gasteiger partial charge in [-0.15, -0.1) is 0 Å². The Hall–Kier alpha value is -3.55. The molecule has 0 spiro atoms. The number of amides is 3. The van der Waals surface area contributed by atoms with Crippen LogP contribution in [0.5, 0.6) is 11.5 Å². The van der Waals surface area contributed by atoms with E-state index in [0.29, 0.717) is 36.9 Å². The Bertz CT molecular complexity index is 864. The molecule has 1 aliphatic heterocycles. The summed E-state index contributed by atoms with van der Waals surface area (Å²) in [4.78, 5) is 39.7. The summed E-state index contributed by atoms with van der Waals surface area (Å²) in [6, 6.07) is 16.1. The number of rotatable bonds is 4. The average molecular weight is 397 g/mol. The van der Waals surface area contributed by atoms with Gasteiger partial charge in [0.05, 0.1) is 12.3 Å². The lowest BCUT2D eigenvalue weighted by Crippen LogP contribution is -2.53. The van der Waals surface area contributed by atoms with Crippen molar-refractivity contribution < 1.29 is 23.9 Å². The molecular formula is C21H23N3O5. The van der Waals surface area contributed by atoms with Gasteiger partial charge < -0.3 is 24.6 Å². The number of hydrogen-bond acceptors (Lipinski definition) is 5. The number of para-hydroxylation sites is 3. The van der Waals surface area contributed by atoms with Crippen molar-refractivity contribution >= 4 is 23.6 Å². The first-order chi connectivity index (χ1) is 14.1. The lowest BCUT2D eigenvalue weighted by Gasteiger charge is -2.33. The van der Waals surface area contributed by atoms with Crippen LogP contribution < -0.4 is 10.1 Å². The Labute approximate surface area is 169 Å². The molecule has 0 radical (unpaired) electrons. The number of anilines is 1. The summed E-state index contributed by atoms with van der Waals surface area (Å²) in [7, 11) is 0. The molecule has 2 aromatic rings. The SMILES string of the molecule is CCOC(=O)N1CCN(C(=O)C(=O)Nc2ccccc2Oc2ccccc2)CC1. The van der Waals surface area contributed by atoms with Crippen LogP contribution in [0.1, 0.15) is 6.92 Å². The van der Waals surface area contributed by atoms with E-state index in [9.17, 15) is 14.4 Å². The van der Waals surface area contributed by atoms with Crippen molar-refractivity contribution in [3.63, 3.8) is 0 Å². The second-order valence-corrected chi connectivity index (χ2v) is 6.34. The van der Waals surface area contributed by atoms with Crippen molar-refractivity contribution in [3.05, 3.63) is 54.6 Å². The molecule has 29 heavy (non-hydrogen) atoms. The normalized spacial score (nSPS) is 13.6. The van der Waals surface area contributed by atoms with Crippen molar-refractivity contribution in [2.75, 3.05) is 38.1 Å². The third-order valence-electron chi connectivity index (χ3n) is 4.39. The van der Waals surface area contributed by atoms with Gasteiger partial charge in [-0.25, -0.2) is 4.79 Å². The van der Waals surface area contributed by atoms with Crippen LogP contribution in [0.15, 0.2) is 54.6 Å². The number of nitrogens with zero attached hydrogens (tertiary/aromatic N) is 2. The smallest absolute Gasteiger partial charge is 0.409 e. The highest BCUT2D eigenvalue weighted by Crippen LogP contribution is 2.29. The van der Waals surface area contributed by atoms with E-state index < -0.39 is 17.9 Å². The Morgan fingerprint density at radius 3 is 2.21 bits per heavy atom. The van der Waals surface area contributed by atoms with Crippen LogP contribution in [-0.2, 0) is 14.3 Å². The first-order valence-corrected chi connectivity index (χ1v) is 9.42. The monoisotopic (exact) mass is 397 g/mol. The van der Waals surface area contributed by atoms with E-state index in [1.165, 1.54) is 9.80 Å². The molecule has 1 N–H and O–H groups in total. The molecule has 8 nitrogen and oxygen atoms in total. The zero-order valence-corrected chi connectivity index (χ0v) is 16.2. The Morgan fingerprint density at radius 1 is 0.897 bits per heavy atom. The molecule has 8 heteroatoms. The van der Waals surface area contributed by atoms with Gasteiger partial charge in [0.25, 0.3) is 0 Å². The third kappa shape index (κ3) is 5.25. The van der Waals surface area contributed by atoms with E-state index in [0.717, 1.165) is 0 Å². The Morgan fingerprint density at radius 2 is 1.52 bits per heavy atom. The molecule has 1 fully saturated rings. The second-order valence-electron chi connectivity index (χ2n) is 6.34. The van der Waals surface area contributed by atoms with Gasteiger partial charge in [0, 0.05) is 26.2 Å². The minimum absolute atomic E-state index is 0.271. The number of hydrogen-bond donors (Lipinski definition) is 1. The molecule has 1 heterocycles. The standard InChI is InChI=1S/C21H23N3O5/c1-2-28-21(27)24-14-12-23(13-15-24)20(26)19(25)22-17-10-6-7-11-18(17)29-16-8-4-3-5-9-16/h3-11H,2,12-15H2,1H3,(H,22,25). The molecule has 0 atom stereocenters. The lowest BCUT2D eigenvalue weighted by atomic mass is 10.2. The highest BCUT2D eigenvalue weighted by molar-refractivity contribution is 6.39. The van der Waals surface area contributed by atoms with E-state index in [2.05, 4.69) is 5.32 Å². The van der Waals surface area contributed by atoms with Gasteiger partial charge in [-0.3, -0.25) is 9.59 Å². The number of benzene rings is 2.